The zero-order valence-corrected chi connectivity index (χ0v) is 12.9. The van der Waals surface area contributed by atoms with Crippen LogP contribution in [0.25, 0.3) is 0 Å². The highest BCUT2D eigenvalue weighted by atomic mass is 32.2. The lowest BCUT2D eigenvalue weighted by Crippen LogP contribution is -2.51. The van der Waals surface area contributed by atoms with E-state index < -0.39 is 10.0 Å². The third-order valence-electron chi connectivity index (χ3n) is 3.86. The van der Waals surface area contributed by atoms with Crippen LogP contribution in [0.4, 0.5) is 0 Å². The topological polar surface area (TPSA) is 52.6 Å². The Morgan fingerprint density at radius 2 is 1.78 bits per heavy atom. The first-order valence-corrected chi connectivity index (χ1v) is 8.47. The van der Waals surface area contributed by atoms with Crippen molar-refractivity contribution in [2.75, 3.05) is 52.6 Å². The molecule has 0 radical (unpaired) electrons. The molecule has 0 saturated carbocycles. The molecule has 1 fully saturated rings. The van der Waals surface area contributed by atoms with Crippen LogP contribution in [0.1, 0.15) is 20.3 Å². The average Bonchev–Trinajstić information content (AvgIpc) is 2.29. The molecule has 1 aliphatic rings. The fourth-order valence-corrected chi connectivity index (χ4v) is 3.31. The molecule has 0 aromatic carbocycles. The maximum atomic E-state index is 11.4. The fourth-order valence-electron chi connectivity index (χ4n) is 2.48. The van der Waals surface area contributed by atoms with Crippen LogP contribution in [-0.2, 0) is 10.0 Å². The first-order chi connectivity index (χ1) is 8.30. The van der Waals surface area contributed by atoms with Crippen LogP contribution in [0.15, 0.2) is 0 Å². The smallest absolute Gasteiger partial charge is 0.211 e. The maximum absolute atomic E-state index is 11.4. The van der Waals surface area contributed by atoms with Gasteiger partial charge in [0.25, 0.3) is 0 Å². The van der Waals surface area contributed by atoms with E-state index in [-0.39, 0.29) is 5.41 Å². The van der Waals surface area contributed by atoms with Gasteiger partial charge in [0.15, 0.2) is 0 Å². The molecule has 1 saturated heterocycles. The van der Waals surface area contributed by atoms with Gasteiger partial charge in [-0.25, -0.2) is 8.42 Å². The minimum absolute atomic E-state index is 0.266. The van der Waals surface area contributed by atoms with Crippen LogP contribution in [0.5, 0.6) is 0 Å². The van der Waals surface area contributed by atoms with E-state index in [1.54, 1.807) is 4.31 Å². The number of piperazine rings is 1. The third kappa shape index (κ3) is 4.50. The summed E-state index contributed by atoms with van der Waals surface area (Å²) in [5, 5.41) is 3.25. The molecule has 1 heterocycles. The molecular formula is C12H27N3O2S. The summed E-state index contributed by atoms with van der Waals surface area (Å²) in [7, 11) is -1.03. The minimum Gasteiger partial charge on any atom is -0.319 e. The lowest BCUT2D eigenvalue weighted by Gasteiger charge is -2.39. The number of hydrogen-bond acceptors (Lipinski definition) is 4. The van der Waals surface area contributed by atoms with Gasteiger partial charge in [-0.15, -0.1) is 0 Å². The minimum atomic E-state index is -3.01. The summed E-state index contributed by atoms with van der Waals surface area (Å²) in [6.07, 6.45) is 2.42. The van der Waals surface area contributed by atoms with E-state index in [1.165, 1.54) is 6.26 Å². The van der Waals surface area contributed by atoms with Gasteiger partial charge < -0.3 is 10.2 Å². The van der Waals surface area contributed by atoms with Crippen molar-refractivity contribution >= 4 is 10.0 Å². The standard InChI is InChI=1S/C12H27N3O2S/c1-5-12(2,10-13-3)11-14-6-8-15(9-7-14)18(4,16)17/h13H,5-11H2,1-4H3. The van der Waals surface area contributed by atoms with Gasteiger partial charge in [-0.3, -0.25) is 0 Å². The van der Waals surface area contributed by atoms with E-state index in [0.717, 1.165) is 32.6 Å². The molecule has 1 atom stereocenters. The summed E-state index contributed by atoms with van der Waals surface area (Å²) in [6, 6.07) is 0. The van der Waals surface area contributed by atoms with Gasteiger partial charge in [0.2, 0.25) is 10.0 Å². The van der Waals surface area contributed by atoms with Crippen molar-refractivity contribution in [3.63, 3.8) is 0 Å². The predicted molar refractivity (Wildman–Crippen MR) is 75.2 cm³/mol. The highest BCUT2D eigenvalue weighted by Gasteiger charge is 2.28. The second-order valence-corrected chi connectivity index (χ2v) is 7.62. The Morgan fingerprint density at radius 3 is 2.17 bits per heavy atom. The van der Waals surface area contributed by atoms with Crippen molar-refractivity contribution in [3.05, 3.63) is 0 Å². The summed E-state index contributed by atoms with van der Waals surface area (Å²) in [6.45, 7) is 9.45. The summed E-state index contributed by atoms with van der Waals surface area (Å²) >= 11 is 0. The van der Waals surface area contributed by atoms with E-state index in [0.29, 0.717) is 13.1 Å². The lowest BCUT2D eigenvalue weighted by atomic mass is 9.86. The molecule has 0 spiro atoms. The maximum Gasteiger partial charge on any atom is 0.211 e. The molecule has 0 aliphatic carbocycles. The molecule has 0 amide bonds. The summed E-state index contributed by atoms with van der Waals surface area (Å²) in [5.74, 6) is 0. The van der Waals surface area contributed by atoms with Crippen LogP contribution >= 0.6 is 0 Å². The normalized spacial score (nSPS) is 22.9. The molecule has 1 rings (SSSR count). The molecule has 1 aliphatic heterocycles. The second-order valence-electron chi connectivity index (χ2n) is 5.63. The highest BCUT2D eigenvalue weighted by molar-refractivity contribution is 7.88. The molecule has 108 valence electrons. The van der Waals surface area contributed by atoms with Crippen LogP contribution in [0, 0.1) is 5.41 Å². The van der Waals surface area contributed by atoms with Gasteiger partial charge in [-0.05, 0) is 18.9 Å². The fraction of sp³-hybridized carbons (Fsp3) is 1.00. The Hall–Kier alpha value is -0.170. The van der Waals surface area contributed by atoms with E-state index >= 15 is 0 Å². The summed E-state index contributed by atoms with van der Waals surface area (Å²) < 4.78 is 24.4. The number of hydrogen-bond donors (Lipinski definition) is 1. The Kier molecular flexibility index (Phi) is 5.58. The van der Waals surface area contributed by atoms with Crippen molar-refractivity contribution < 1.29 is 8.42 Å². The van der Waals surface area contributed by atoms with Crippen molar-refractivity contribution in [1.82, 2.24) is 14.5 Å². The number of nitrogens with one attached hydrogen (secondary N) is 1. The van der Waals surface area contributed by atoms with E-state index in [2.05, 4.69) is 24.1 Å². The van der Waals surface area contributed by atoms with Crippen molar-refractivity contribution in [1.29, 1.82) is 0 Å². The molecule has 18 heavy (non-hydrogen) atoms. The van der Waals surface area contributed by atoms with Crippen LogP contribution in [0.2, 0.25) is 0 Å². The van der Waals surface area contributed by atoms with Crippen molar-refractivity contribution in [2.24, 2.45) is 5.41 Å². The molecule has 6 heteroatoms. The van der Waals surface area contributed by atoms with E-state index in [1.807, 2.05) is 7.05 Å². The number of sulfonamides is 1. The number of nitrogens with zero attached hydrogens (tertiary/aromatic N) is 2. The molecule has 0 aromatic heterocycles. The van der Waals surface area contributed by atoms with Gasteiger partial charge in [0, 0.05) is 39.3 Å². The van der Waals surface area contributed by atoms with E-state index in [9.17, 15) is 8.42 Å². The number of rotatable bonds is 6. The van der Waals surface area contributed by atoms with Crippen LogP contribution < -0.4 is 5.32 Å². The molecule has 0 bridgehead atoms. The highest BCUT2D eigenvalue weighted by Crippen LogP contribution is 2.22. The Balaban J connectivity index is 2.48. The first kappa shape index (κ1) is 15.9. The third-order valence-corrected chi connectivity index (χ3v) is 5.17. The largest absolute Gasteiger partial charge is 0.319 e. The monoisotopic (exact) mass is 277 g/mol. The van der Waals surface area contributed by atoms with Gasteiger partial charge in [-0.2, -0.15) is 4.31 Å². The van der Waals surface area contributed by atoms with Crippen molar-refractivity contribution in [3.8, 4) is 0 Å². The van der Waals surface area contributed by atoms with Gasteiger partial charge >= 0.3 is 0 Å². The predicted octanol–water partition coefficient (Wildman–Crippen LogP) is 0.199. The molecule has 0 aromatic rings. The van der Waals surface area contributed by atoms with Gasteiger partial charge in [0.05, 0.1) is 6.26 Å². The lowest BCUT2D eigenvalue weighted by molar-refractivity contribution is 0.120. The van der Waals surface area contributed by atoms with Crippen LogP contribution in [-0.4, -0.2) is 70.2 Å². The molecule has 5 nitrogen and oxygen atoms in total. The average molecular weight is 277 g/mol. The quantitative estimate of drug-likeness (QED) is 0.753. The van der Waals surface area contributed by atoms with E-state index in [4.69, 9.17) is 0 Å². The zero-order chi connectivity index (χ0) is 13.8. The van der Waals surface area contributed by atoms with Crippen molar-refractivity contribution in [2.45, 2.75) is 20.3 Å². The second kappa shape index (κ2) is 6.32. The van der Waals surface area contributed by atoms with Gasteiger partial charge in [0.1, 0.15) is 0 Å². The Labute approximate surface area is 112 Å². The summed E-state index contributed by atoms with van der Waals surface area (Å²) in [4.78, 5) is 2.38. The molecular weight excluding hydrogens is 250 g/mol. The van der Waals surface area contributed by atoms with Gasteiger partial charge in [-0.1, -0.05) is 13.8 Å². The molecule has 1 N–H and O–H groups in total. The summed E-state index contributed by atoms with van der Waals surface area (Å²) in [5.41, 5.74) is 0.266. The Morgan fingerprint density at radius 1 is 1.22 bits per heavy atom. The SMILES string of the molecule is CCC(C)(CNC)CN1CCN(S(C)(=O)=O)CC1. The Bertz CT molecular complexity index is 350. The molecule has 1 unspecified atom stereocenters. The van der Waals surface area contributed by atoms with Crippen LogP contribution in [0.3, 0.4) is 0 Å². The first-order valence-electron chi connectivity index (χ1n) is 6.63. The zero-order valence-electron chi connectivity index (χ0n) is 12.1.